The number of carbonyl (C=O) groups excluding carboxylic acids is 1. The molecule has 2 aromatic rings. The molecule has 0 amide bonds. The Kier molecular flexibility index (Phi) is 5.59. The van der Waals surface area contributed by atoms with Crippen LogP contribution in [-0.2, 0) is 4.74 Å². The zero-order valence-electron chi connectivity index (χ0n) is 17.7. The van der Waals surface area contributed by atoms with Crippen molar-refractivity contribution in [3.8, 4) is 0 Å². The van der Waals surface area contributed by atoms with Crippen molar-refractivity contribution in [2.24, 2.45) is 10.9 Å². The molecule has 0 atom stereocenters. The molecule has 0 radical (unpaired) electrons. The maximum Gasteiger partial charge on any atom is 0.435 e. The molecule has 0 aliphatic heterocycles. The average Bonchev–Trinajstić information content (AvgIpc) is 3.33. The predicted octanol–water partition coefficient (Wildman–Crippen LogP) is 5.66. The van der Waals surface area contributed by atoms with E-state index in [-0.39, 0.29) is 0 Å². The van der Waals surface area contributed by atoms with Gasteiger partial charge in [-0.3, -0.25) is 0 Å². The summed E-state index contributed by atoms with van der Waals surface area (Å²) < 4.78 is 6.80. The number of benzene rings is 1. The minimum atomic E-state index is -0.576. The highest BCUT2D eigenvalue weighted by Crippen LogP contribution is 2.34. The number of nitrogens with zero attached hydrogens (tertiary/aromatic N) is 3. The Balaban J connectivity index is 1.80. The Hall–Kier alpha value is -2.63. The molecule has 0 bridgehead atoms. The van der Waals surface area contributed by atoms with Crippen LogP contribution in [0.4, 0.5) is 10.5 Å². The molecule has 0 saturated heterocycles. The number of aliphatic imine (C=N–C) groups is 1. The Morgan fingerprint density at radius 1 is 1.36 bits per heavy atom. The Morgan fingerprint density at radius 3 is 2.71 bits per heavy atom. The van der Waals surface area contributed by atoms with Crippen molar-refractivity contribution in [3.63, 3.8) is 0 Å². The van der Waals surface area contributed by atoms with E-state index in [0.29, 0.717) is 5.52 Å². The molecule has 1 heterocycles. The molecule has 0 spiro atoms. The second kappa shape index (κ2) is 7.78. The summed E-state index contributed by atoms with van der Waals surface area (Å²) in [6.45, 7) is 11.5. The number of allylic oxidation sites excluding steroid dienone is 1. The molecule has 1 aliphatic rings. The van der Waals surface area contributed by atoms with Crippen molar-refractivity contribution in [1.29, 1.82) is 0 Å². The van der Waals surface area contributed by atoms with Crippen molar-refractivity contribution < 1.29 is 9.53 Å². The number of aryl methyl sites for hydroxylation is 1. The molecule has 0 unspecified atom stereocenters. The van der Waals surface area contributed by atoms with Crippen LogP contribution in [0.1, 0.15) is 59.6 Å². The van der Waals surface area contributed by atoms with Crippen LogP contribution in [0, 0.1) is 12.8 Å². The summed E-state index contributed by atoms with van der Waals surface area (Å²) >= 11 is 0. The highest BCUT2D eigenvalue weighted by atomic mass is 16.6. The molecule has 1 aromatic heterocycles. The highest BCUT2D eigenvalue weighted by Gasteiger charge is 2.22. The summed E-state index contributed by atoms with van der Waals surface area (Å²) in [4.78, 5) is 17.0. The summed E-state index contributed by atoms with van der Waals surface area (Å²) in [5.74, 6) is 1.66. The zero-order chi connectivity index (χ0) is 20.5. The molecule has 28 heavy (non-hydrogen) atoms. The van der Waals surface area contributed by atoms with E-state index in [1.54, 1.807) is 0 Å². The van der Waals surface area contributed by atoms with Gasteiger partial charge < -0.3 is 10.1 Å². The van der Waals surface area contributed by atoms with Crippen LogP contribution in [-0.4, -0.2) is 27.3 Å². The minimum Gasteiger partial charge on any atom is -0.442 e. The average molecular weight is 383 g/mol. The number of fused-ring (bicyclic) bond motifs is 1. The lowest BCUT2D eigenvalue weighted by Crippen LogP contribution is -2.27. The van der Waals surface area contributed by atoms with Crippen LogP contribution in [0.3, 0.4) is 0 Å². The Labute approximate surface area is 166 Å². The van der Waals surface area contributed by atoms with Gasteiger partial charge in [0.15, 0.2) is 0 Å². The number of nitrogens with one attached hydrogen (secondary N) is 1. The Bertz CT molecular complexity index is 943. The number of hydrogen-bond donors (Lipinski definition) is 1. The Morgan fingerprint density at radius 2 is 2.07 bits per heavy atom. The van der Waals surface area contributed by atoms with Gasteiger partial charge in [0, 0.05) is 17.3 Å². The van der Waals surface area contributed by atoms with Gasteiger partial charge in [0.2, 0.25) is 0 Å². The van der Waals surface area contributed by atoms with Crippen molar-refractivity contribution in [1.82, 2.24) is 9.78 Å². The van der Waals surface area contributed by atoms with E-state index in [9.17, 15) is 4.79 Å². The minimum absolute atomic E-state index is 0.480. The molecule has 1 N–H and O–H groups in total. The predicted molar refractivity (Wildman–Crippen MR) is 114 cm³/mol. The number of ether oxygens (including phenoxy) is 1. The van der Waals surface area contributed by atoms with Gasteiger partial charge in [0.25, 0.3) is 0 Å². The number of anilines is 1. The van der Waals surface area contributed by atoms with E-state index in [1.165, 1.54) is 23.1 Å². The van der Waals surface area contributed by atoms with Crippen molar-refractivity contribution in [2.45, 2.75) is 66.4 Å². The van der Waals surface area contributed by atoms with E-state index in [2.05, 4.69) is 22.3 Å². The van der Waals surface area contributed by atoms with E-state index >= 15 is 0 Å². The third-order valence-electron chi connectivity index (χ3n) is 4.54. The molecule has 150 valence electrons. The first-order valence-electron chi connectivity index (χ1n) is 9.82. The first-order valence-corrected chi connectivity index (χ1v) is 9.82. The summed E-state index contributed by atoms with van der Waals surface area (Å²) in [6, 6.07) is 5.83. The largest absolute Gasteiger partial charge is 0.442 e. The van der Waals surface area contributed by atoms with Crippen molar-refractivity contribution in [2.75, 3.05) is 5.32 Å². The maximum atomic E-state index is 12.5. The standard InChI is InChI=1S/C22H30N4O2/c1-14(11-17-7-8-17)13-23-16(3)24-18-9-10-19-15(2)25-26(20(19)12-18)21(27)28-22(4,5)6/h9-10,12-13,17H,7-8,11H2,1-6H3,(H,23,24). The topological polar surface area (TPSA) is 68.5 Å². The third-order valence-corrected chi connectivity index (χ3v) is 4.54. The van der Waals surface area contributed by atoms with Crippen LogP contribution in [0.15, 0.2) is 35.0 Å². The van der Waals surface area contributed by atoms with Gasteiger partial charge in [0.05, 0.1) is 11.2 Å². The van der Waals surface area contributed by atoms with Gasteiger partial charge in [-0.15, -0.1) is 0 Å². The fraction of sp³-hybridized carbons (Fsp3) is 0.500. The summed E-state index contributed by atoms with van der Waals surface area (Å²) in [6.07, 6.45) is 5.28. The highest BCUT2D eigenvalue weighted by molar-refractivity contribution is 5.97. The summed E-state index contributed by atoms with van der Waals surface area (Å²) in [5, 5.41) is 8.58. The smallest absolute Gasteiger partial charge is 0.435 e. The number of hydrogen-bond acceptors (Lipinski definition) is 4. The SMILES string of the molecule is CC(=CN=C(C)Nc1ccc2c(C)nn(C(=O)OC(C)(C)C)c2c1)CC1CC1. The van der Waals surface area contributed by atoms with E-state index < -0.39 is 11.7 Å². The zero-order valence-corrected chi connectivity index (χ0v) is 17.7. The van der Waals surface area contributed by atoms with Crippen molar-refractivity contribution >= 4 is 28.5 Å². The maximum absolute atomic E-state index is 12.5. The van der Waals surface area contributed by atoms with Crippen LogP contribution < -0.4 is 5.32 Å². The molecule has 1 saturated carbocycles. The molecule has 6 heteroatoms. The fourth-order valence-corrected chi connectivity index (χ4v) is 3.07. The lowest BCUT2D eigenvalue weighted by molar-refractivity contribution is 0.0522. The number of amidine groups is 1. The second-order valence-electron chi connectivity index (χ2n) is 8.67. The van der Waals surface area contributed by atoms with E-state index in [1.807, 2.05) is 59.0 Å². The van der Waals surface area contributed by atoms with Gasteiger partial charge in [0.1, 0.15) is 11.4 Å². The normalized spacial score (nSPS) is 15.8. The second-order valence-corrected chi connectivity index (χ2v) is 8.67. The first kappa shape index (κ1) is 20.1. The molecule has 3 rings (SSSR count). The van der Waals surface area contributed by atoms with Gasteiger partial charge in [-0.1, -0.05) is 5.57 Å². The van der Waals surface area contributed by atoms with Gasteiger partial charge in [-0.2, -0.15) is 9.78 Å². The number of carbonyl (C=O) groups is 1. The quantitative estimate of drug-likeness (QED) is 0.547. The fourth-order valence-electron chi connectivity index (χ4n) is 3.07. The molecule has 1 aromatic carbocycles. The summed E-state index contributed by atoms with van der Waals surface area (Å²) in [5.41, 5.74) is 3.08. The van der Waals surface area contributed by atoms with Gasteiger partial charge in [-0.25, -0.2) is 9.79 Å². The number of rotatable bonds is 4. The van der Waals surface area contributed by atoms with Gasteiger partial charge in [-0.05, 0) is 84.9 Å². The monoisotopic (exact) mass is 382 g/mol. The lowest BCUT2D eigenvalue weighted by Gasteiger charge is -2.19. The van der Waals surface area contributed by atoms with E-state index in [0.717, 1.165) is 34.9 Å². The first-order chi connectivity index (χ1) is 13.1. The van der Waals surface area contributed by atoms with Crippen LogP contribution in [0.5, 0.6) is 0 Å². The molecule has 1 fully saturated rings. The summed E-state index contributed by atoms with van der Waals surface area (Å²) in [7, 11) is 0. The third kappa shape index (κ3) is 5.21. The molecule has 6 nitrogen and oxygen atoms in total. The van der Waals surface area contributed by atoms with Crippen LogP contribution >= 0.6 is 0 Å². The van der Waals surface area contributed by atoms with E-state index in [4.69, 9.17) is 4.74 Å². The van der Waals surface area contributed by atoms with Gasteiger partial charge >= 0.3 is 6.09 Å². The molecular formula is C22H30N4O2. The van der Waals surface area contributed by atoms with Crippen LogP contribution in [0.25, 0.3) is 10.9 Å². The lowest BCUT2D eigenvalue weighted by atomic mass is 10.2. The number of aromatic nitrogens is 2. The molecular weight excluding hydrogens is 352 g/mol. The van der Waals surface area contributed by atoms with Crippen LogP contribution in [0.2, 0.25) is 0 Å². The molecule has 1 aliphatic carbocycles. The van der Waals surface area contributed by atoms with Crippen molar-refractivity contribution in [3.05, 3.63) is 35.7 Å².